The van der Waals surface area contributed by atoms with Gasteiger partial charge in [-0.05, 0) is 89.6 Å². The zero-order valence-electron chi connectivity index (χ0n) is 35.3. The van der Waals surface area contributed by atoms with E-state index >= 15 is 0 Å². The van der Waals surface area contributed by atoms with E-state index in [2.05, 4.69) is 217 Å². The van der Waals surface area contributed by atoms with Crippen molar-refractivity contribution in [1.82, 2.24) is 18.3 Å². The molecule has 6 nitrogen and oxygen atoms in total. The van der Waals surface area contributed by atoms with Crippen LogP contribution in [0.4, 0.5) is 5.69 Å². The van der Waals surface area contributed by atoms with Gasteiger partial charge in [0.05, 0.1) is 67.6 Å². The second kappa shape index (κ2) is 13.6. The summed E-state index contributed by atoms with van der Waals surface area (Å²) in [6.45, 7) is 8.79. The summed E-state index contributed by atoms with van der Waals surface area (Å²) in [5.74, 6) is 0. The van der Waals surface area contributed by atoms with Gasteiger partial charge in [-0.15, -0.1) is 0 Å². The van der Waals surface area contributed by atoms with E-state index in [0.717, 1.165) is 93.2 Å². The fraction of sp³-hybridized carbons (Fsp3) is 0. The van der Waals surface area contributed by atoms with Crippen molar-refractivity contribution in [3.05, 3.63) is 223 Å². The van der Waals surface area contributed by atoms with Crippen LogP contribution in [0.5, 0.6) is 0 Å². The molecule has 0 N–H and O–H groups in total. The minimum absolute atomic E-state index is 0.452. The molecule has 4 aromatic heterocycles. The summed E-state index contributed by atoms with van der Waals surface area (Å²) in [5, 5.41) is 22.6. The summed E-state index contributed by atoms with van der Waals surface area (Å²) in [4.78, 5) is 4.26. The highest BCUT2D eigenvalue weighted by atomic mass is 15.0. The molecule has 0 aliphatic rings. The van der Waals surface area contributed by atoms with Crippen LogP contribution in [0.15, 0.2) is 206 Å². The maximum absolute atomic E-state index is 11.2. The first kappa shape index (κ1) is 36.2. The van der Waals surface area contributed by atoms with Gasteiger partial charge in [-0.2, -0.15) is 5.26 Å². The molecule has 0 saturated carbocycles. The van der Waals surface area contributed by atoms with Gasteiger partial charge in [0.2, 0.25) is 5.69 Å². The number of nitriles is 1. The van der Waals surface area contributed by atoms with Gasteiger partial charge >= 0.3 is 0 Å². The summed E-state index contributed by atoms with van der Waals surface area (Å²) in [5.41, 5.74) is 12.8. The summed E-state index contributed by atoms with van der Waals surface area (Å²) >= 11 is 0. The lowest BCUT2D eigenvalue weighted by Gasteiger charge is -2.16. The molecule has 0 aliphatic carbocycles. The molecule has 0 amide bonds. The molecule has 14 rings (SSSR count). The largest absolute Gasteiger partial charge is 0.319 e. The van der Waals surface area contributed by atoms with Crippen molar-refractivity contribution in [2.45, 2.75) is 0 Å². The lowest BCUT2D eigenvalue weighted by atomic mass is 10.0. The maximum atomic E-state index is 11.2. The Morgan fingerprint density at radius 2 is 0.894 bits per heavy atom. The maximum Gasteiger partial charge on any atom is 0.212 e. The standard InChI is InChI=1S/C60H34N6/c1-62-48-35-56(65-53-31-28-40(34-47(53)58-41-18-6-5-15-37(41)27-30-54(58)65)63-49-23-11-7-19-42(49)43-20-8-12-24-50(43)63)38(36-61)33-57(48)66-52-26-14-10-22-46(52)59-55(66)32-29-45-44-21-9-13-25-51(44)64(60(45)59)39-16-3-2-4-17-39/h2-35H. The SMILES string of the molecule is [C-]#[N+]c1cc(-n2c3ccc(-n4c5ccccc5c5ccccc54)cc3c3c4ccccc4ccc32)c(C#N)cc1-n1c2ccccc2c2c1ccc1c3ccccc3n(-c3ccccc3)c12. The van der Waals surface area contributed by atoms with Crippen molar-refractivity contribution >= 4 is 104 Å². The Bertz CT molecular complexity index is 4430. The number of nitrogens with zero attached hydrogens (tertiary/aromatic N) is 6. The fourth-order valence-electron chi connectivity index (χ4n) is 11.1. The van der Waals surface area contributed by atoms with Gasteiger partial charge < -0.3 is 18.3 Å². The number of hydrogen-bond acceptors (Lipinski definition) is 1. The molecule has 0 radical (unpaired) electrons. The van der Waals surface area contributed by atoms with Gasteiger partial charge in [0.25, 0.3) is 0 Å². The van der Waals surface area contributed by atoms with Crippen LogP contribution in [0.1, 0.15) is 5.56 Å². The molecule has 0 atom stereocenters. The summed E-state index contributed by atoms with van der Waals surface area (Å²) in [6, 6.07) is 75.0. The first-order valence-electron chi connectivity index (χ1n) is 22.1. The van der Waals surface area contributed by atoms with Gasteiger partial charge in [0, 0.05) is 54.5 Å². The number of benzene rings is 10. The average molecular weight is 839 g/mol. The van der Waals surface area contributed by atoms with Gasteiger partial charge in [-0.1, -0.05) is 127 Å². The van der Waals surface area contributed by atoms with Crippen molar-refractivity contribution in [3.63, 3.8) is 0 Å². The van der Waals surface area contributed by atoms with Crippen molar-refractivity contribution < 1.29 is 0 Å². The van der Waals surface area contributed by atoms with Crippen LogP contribution in [0.3, 0.4) is 0 Å². The Morgan fingerprint density at radius 3 is 1.59 bits per heavy atom. The zero-order chi connectivity index (χ0) is 43.6. The molecule has 66 heavy (non-hydrogen) atoms. The van der Waals surface area contributed by atoms with Gasteiger partial charge in [-0.25, -0.2) is 4.85 Å². The van der Waals surface area contributed by atoms with E-state index in [-0.39, 0.29) is 0 Å². The Hall–Kier alpha value is -9.36. The number of hydrogen-bond donors (Lipinski definition) is 0. The smallest absolute Gasteiger partial charge is 0.212 e. The molecule has 4 heterocycles. The van der Waals surface area contributed by atoms with E-state index in [4.69, 9.17) is 6.57 Å². The molecule has 0 unspecified atom stereocenters. The van der Waals surface area contributed by atoms with Crippen LogP contribution in [0.25, 0.3) is 126 Å². The fourth-order valence-corrected chi connectivity index (χ4v) is 11.1. The Kier molecular flexibility index (Phi) is 7.43. The predicted octanol–water partition coefficient (Wildman–Crippen LogP) is 15.7. The van der Waals surface area contributed by atoms with Crippen molar-refractivity contribution in [1.29, 1.82) is 5.26 Å². The first-order chi connectivity index (χ1) is 32.7. The highest BCUT2D eigenvalue weighted by molar-refractivity contribution is 6.27. The minimum atomic E-state index is 0.452. The van der Waals surface area contributed by atoms with Crippen LogP contribution in [-0.4, -0.2) is 18.3 Å². The van der Waals surface area contributed by atoms with Crippen molar-refractivity contribution in [3.8, 4) is 28.8 Å². The normalized spacial score (nSPS) is 11.9. The van der Waals surface area contributed by atoms with Crippen LogP contribution >= 0.6 is 0 Å². The Balaban J connectivity index is 1.05. The average Bonchev–Trinajstić information content (AvgIpc) is 4.11. The highest BCUT2D eigenvalue weighted by Gasteiger charge is 2.25. The minimum Gasteiger partial charge on any atom is -0.319 e. The third-order valence-electron chi connectivity index (χ3n) is 13.8. The molecule has 0 spiro atoms. The van der Waals surface area contributed by atoms with E-state index in [1.54, 1.807) is 0 Å². The highest BCUT2D eigenvalue weighted by Crippen LogP contribution is 2.46. The first-order valence-corrected chi connectivity index (χ1v) is 22.1. The lowest BCUT2D eigenvalue weighted by Crippen LogP contribution is -2.02. The molecule has 10 aromatic carbocycles. The number of fused-ring (bicyclic) bond motifs is 15. The Morgan fingerprint density at radius 1 is 0.364 bits per heavy atom. The topological polar surface area (TPSA) is 47.9 Å². The molecule has 6 heteroatoms. The summed E-state index contributed by atoms with van der Waals surface area (Å²) < 4.78 is 9.09. The van der Waals surface area contributed by atoms with E-state index < -0.39 is 0 Å². The van der Waals surface area contributed by atoms with E-state index in [1.807, 2.05) is 18.2 Å². The zero-order valence-corrected chi connectivity index (χ0v) is 35.3. The van der Waals surface area contributed by atoms with E-state index in [0.29, 0.717) is 22.6 Å². The quantitative estimate of drug-likeness (QED) is 0.163. The van der Waals surface area contributed by atoms with Gasteiger partial charge in [-0.3, -0.25) is 0 Å². The van der Waals surface area contributed by atoms with Gasteiger partial charge in [0.1, 0.15) is 6.07 Å². The second-order valence-electron chi connectivity index (χ2n) is 17.1. The molecule has 0 aliphatic heterocycles. The monoisotopic (exact) mass is 838 g/mol. The van der Waals surface area contributed by atoms with Crippen LogP contribution in [-0.2, 0) is 0 Å². The molecule has 0 saturated heterocycles. The summed E-state index contributed by atoms with van der Waals surface area (Å²) in [6.07, 6.45) is 0. The molecular formula is C60H34N6. The third-order valence-corrected chi connectivity index (χ3v) is 13.8. The van der Waals surface area contributed by atoms with Crippen LogP contribution in [0, 0.1) is 17.9 Å². The Labute approximate surface area is 377 Å². The van der Waals surface area contributed by atoms with Crippen LogP contribution in [0.2, 0.25) is 0 Å². The molecule has 14 aromatic rings. The molecule has 0 fully saturated rings. The summed E-state index contributed by atoms with van der Waals surface area (Å²) in [7, 11) is 0. The van der Waals surface area contributed by atoms with Crippen LogP contribution < -0.4 is 0 Å². The number of aromatic nitrogens is 4. The van der Waals surface area contributed by atoms with Crippen molar-refractivity contribution in [2.75, 3.05) is 0 Å². The van der Waals surface area contributed by atoms with E-state index in [1.165, 1.54) is 16.2 Å². The molecule has 304 valence electrons. The van der Waals surface area contributed by atoms with Gasteiger partial charge in [0.15, 0.2) is 0 Å². The van der Waals surface area contributed by atoms with Crippen molar-refractivity contribution in [2.24, 2.45) is 0 Å². The lowest BCUT2D eigenvalue weighted by molar-refractivity contribution is 1.14. The molecule has 0 bridgehead atoms. The number of para-hydroxylation sites is 5. The van der Waals surface area contributed by atoms with E-state index in [9.17, 15) is 5.26 Å². The third kappa shape index (κ3) is 4.82. The predicted molar refractivity (Wildman–Crippen MR) is 272 cm³/mol. The number of rotatable bonds is 4. The molecular weight excluding hydrogens is 805 g/mol. The second-order valence-corrected chi connectivity index (χ2v) is 17.1.